The Morgan fingerprint density at radius 2 is 1.83 bits per heavy atom. The first-order valence-corrected chi connectivity index (χ1v) is 7.92. The number of hydrogen-bond donors (Lipinski definition) is 1. The lowest BCUT2D eigenvalue weighted by atomic mass is 10.2. The minimum Gasteiger partial charge on any atom is -0.313 e. The van der Waals surface area contributed by atoms with Gasteiger partial charge >= 0.3 is 0 Å². The fourth-order valence-corrected chi connectivity index (χ4v) is 3.10. The lowest BCUT2D eigenvalue weighted by Gasteiger charge is -2.19. The molecule has 1 aromatic rings. The van der Waals surface area contributed by atoms with Gasteiger partial charge in [-0.3, -0.25) is 0 Å². The number of benzene rings is 1. The number of aryl methyl sites for hydroxylation is 2. The minimum atomic E-state index is 0.618. The molecular formula is C16H27NS. The Hall–Kier alpha value is -0.470. The summed E-state index contributed by atoms with van der Waals surface area (Å²) < 4.78 is 0. The van der Waals surface area contributed by atoms with Gasteiger partial charge in [-0.1, -0.05) is 38.5 Å². The van der Waals surface area contributed by atoms with Crippen LogP contribution < -0.4 is 5.32 Å². The van der Waals surface area contributed by atoms with Gasteiger partial charge in [-0.05, 0) is 38.3 Å². The largest absolute Gasteiger partial charge is 0.313 e. The summed E-state index contributed by atoms with van der Waals surface area (Å²) in [6.07, 6.45) is 2.44. The second kappa shape index (κ2) is 7.85. The highest BCUT2D eigenvalue weighted by atomic mass is 32.2. The van der Waals surface area contributed by atoms with Gasteiger partial charge in [0.25, 0.3) is 0 Å². The highest BCUT2D eigenvalue weighted by Gasteiger charge is 2.09. The van der Waals surface area contributed by atoms with E-state index in [9.17, 15) is 0 Å². The summed E-state index contributed by atoms with van der Waals surface area (Å²) in [5, 5.41) is 4.27. The maximum absolute atomic E-state index is 3.65. The molecule has 0 aliphatic rings. The van der Waals surface area contributed by atoms with Crippen LogP contribution in [0.2, 0.25) is 0 Å². The van der Waals surface area contributed by atoms with Crippen molar-refractivity contribution in [2.75, 3.05) is 6.54 Å². The smallest absolute Gasteiger partial charge is 0.0191 e. The summed E-state index contributed by atoms with van der Waals surface area (Å²) in [6, 6.07) is 7.40. The van der Waals surface area contributed by atoms with Crippen molar-refractivity contribution in [2.24, 2.45) is 0 Å². The van der Waals surface area contributed by atoms with Gasteiger partial charge in [0.05, 0.1) is 0 Å². The molecule has 0 heterocycles. The molecule has 0 amide bonds. The van der Waals surface area contributed by atoms with Gasteiger partial charge in [0.15, 0.2) is 0 Å². The zero-order valence-electron chi connectivity index (χ0n) is 12.4. The van der Waals surface area contributed by atoms with E-state index in [-0.39, 0.29) is 0 Å². The van der Waals surface area contributed by atoms with Gasteiger partial charge in [0, 0.05) is 22.7 Å². The van der Waals surface area contributed by atoms with Crippen LogP contribution in [0.5, 0.6) is 0 Å². The third-order valence-electron chi connectivity index (χ3n) is 3.34. The summed E-state index contributed by atoms with van der Waals surface area (Å²) in [6.45, 7) is 12.3. The molecule has 0 fully saturated rings. The Morgan fingerprint density at radius 1 is 1.17 bits per heavy atom. The molecule has 102 valence electrons. The van der Waals surface area contributed by atoms with Crippen molar-refractivity contribution in [2.45, 2.75) is 63.6 Å². The molecule has 1 atom stereocenters. The zero-order chi connectivity index (χ0) is 13.5. The van der Waals surface area contributed by atoms with E-state index in [2.05, 4.69) is 58.1 Å². The van der Waals surface area contributed by atoms with Crippen LogP contribution >= 0.6 is 11.8 Å². The fourth-order valence-electron chi connectivity index (χ4n) is 2.10. The van der Waals surface area contributed by atoms with Crippen molar-refractivity contribution < 1.29 is 0 Å². The molecule has 1 N–H and O–H groups in total. The van der Waals surface area contributed by atoms with Crippen molar-refractivity contribution in [3.05, 3.63) is 29.3 Å². The molecule has 0 spiro atoms. The van der Waals surface area contributed by atoms with Crippen molar-refractivity contribution >= 4 is 11.8 Å². The van der Waals surface area contributed by atoms with E-state index in [4.69, 9.17) is 0 Å². The Bertz CT molecular complexity index is 358. The van der Waals surface area contributed by atoms with Crippen molar-refractivity contribution in [1.29, 1.82) is 0 Å². The lowest BCUT2D eigenvalue weighted by Crippen LogP contribution is -2.32. The Balaban J connectivity index is 2.46. The van der Waals surface area contributed by atoms with E-state index in [1.165, 1.54) is 28.9 Å². The van der Waals surface area contributed by atoms with Gasteiger partial charge in [-0.15, -0.1) is 11.8 Å². The van der Waals surface area contributed by atoms with Crippen LogP contribution in [-0.2, 0) is 0 Å². The number of hydrogen-bond acceptors (Lipinski definition) is 2. The normalized spacial score (nSPS) is 13.0. The molecule has 2 heteroatoms. The van der Waals surface area contributed by atoms with E-state index in [1.807, 2.05) is 11.8 Å². The highest BCUT2D eigenvalue weighted by molar-refractivity contribution is 8.00. The monoisotopic (exact) mass is 265 g/mol. The molecule has 0 bridgehead atoms. The molecule has 0 aliphatic carbocycles. The van der Waals surface area contributed by atoms with Gasteiger partial charge in [-0.2, -0.15) is 0 Å². The second-order valence-electron chi connectivity index (χ2n) is 5.12. The predicted octanol–water partition coefficient (Wildman–Crippen LogP) is 4.56. The Labute approximate surface area is 117 Å². The second-order valence-corrected chi connectivity index (χ2v) is 6.60. The van der Waals surface area contributed by atoms with Crippen LogP contribution in [0.1, 0.15) is 44.7 Å². The third-order valence-corrected chi connectivity index (χ3v) is 4.62. The Kier molecular flexibility index (Phi) is 6.80. The first kappa shape index (κ1) is 15.6. The van der Waals surface area contributed by atoms with Crippen LogP contribution in [0.15, 0.2) is 23.1 Å². The average molecular weight is 265 g/mol. The minimum absolute atomic E-state index is 0.618. The van der Waals surface area contributed by atoms with Crippen LogP contribution in [-0.4, -0.2) is 17.8 Å². The van der Waals surface area contributed by atoms with Gasteiger partial charge in [0.2, 0.25) is 0 Å². The van der Waals surface area contributed by atoms with Crippen LogP contribution in [0.3, 0.4) is 0 Å². The molecule has 0 saturated carbocycles. The molecule has 18 heavy (non-hydrogen) atoms. The summed E-state index contributed by atoms with van der Waals surface area (Å²) in [7, 11) is 0. The quantitative estimate of drug-likeness (QED) is 0.725. The number of nitrogens with one attached hydrogen (secondary N) is 1. The van der Waals surface area contributed by atoms with E-state index >= 15 is 0 Å². The molecule has 0 aromatic heterocycles. The number of thioether (sulfide) groups is 1. The third kappa shape index (κ3) is 5.03. The first-order valence-electron chi connectivity index (χ1n) is 7.04. The first-order chi connectivity index (χ1) is 8.56. The fraction of sp³-hybridized carbons (Fsp3) is 0.625. The molecule has 1 aromatic carbocycles. The molecule has 0 aliphatic heterocycles. The topological polar surface area (TPSA) is 12.0 Å². The van der Waals surface area contributed by atoms with Crippen molar-refractivity contribution in [1.82, 2.24) is 5.32 Å². The molecule has 1 nitrogen and oxygen atoms in total. The summed E-state index contributed by atoms with van der Waals surface area (Å²) >= 11 is 1.98. The van der Waals surface area contributed by atoms with E-state index in [0.29, 0.717) is 11.3 Å². The SMILES string of the molecule is CCC(CC)NCC(C)Sc1ccc(C)cc1C. The van der Waals surface area contributed by atoms with Crippen LogP contribution in [0.4, 0.5) is 0 Å². The summed E-state index contributed by atoms with van der Waals surface area (Å²) in [4.78, 5) is 1.42. The molecule has 1 unspecified atom stereocenters. The Morgan fingerprint density at radius 3 is 2.39 bits per heavy atom. The van der Waals surface area contributed by atoms with Crippen LogP contribution in [0, 0.1) is 13.8 Å². The van der Waals surface area contributed by atoms with Gasteiger partial charge in [-0.25, -0.2) is 0 Å². The van der Waals surface area contributed by atoms with Gasteiger partial charge in [0.1, 0.15) is 0 Å². The van der Waals surface area contributed by atoms with Gasteiger partial charge < -0.3 is 5.32 Å². The zero-order valence-corrected chi connectivity index (χ0v) is 13.2. The maximum atomic E-state index is 3.65. The molecule has 0 saturated heterocycles. The summed E-state index contributed by atoms with van der Waals surface area (Å²) in [5.41, 5.74) is 2.74. The standard InChI is InChI=1S/C16H27NS/c1-6-15(7-2)17-11-14(5)18-16-9-8-12(3)10-13(16)4/h8-10,14-15,17H,6-7,11H2,1-5H3. The summed E-state index contributed by atoms with van der Waals surface area (Å²) in [5.74, 6) is 0. The maximum Gasteiger partial charge on any atom is 0.0191 e. The molecule has 1 rings (SSSR count). The van der Waals surface area contributed by atoms with E-state index in [0.717, 1.165) is 6.54 Å². The lowest BCUT2D eigenvalue weighted by molar-refractivity contribution is 0.488. The van der Waals surface area contributed by atoms with Crippen molar-refractivity contribution in [3.63, 3.8) is 0 Å². The van der Waals surface area contributed by atoms with Crippen molar-refractivity contribution in [3.8, 4) is 0 Å². The highest BCUT2D eigenvalue weighted by Crippen LogP contribution is 2.26. The number of rotatable bonds is 7. The predicted molar refractivity (Wildman–Crippen MR) is 83.6 cm³/mol. The van der Waals surface area contributed by atoms with E-state index < -0.39 is 0 Å². The molecule has 0 radical (unpaired) electrons. The average Bonchev–Trinajstić information content (AvgIpc) is 2.34. The van der Waals surface area contributed by atoms with E-state index in [1.54, 1.807) is 0 Å². The van der Waals surface area contributed by atoms with Crippen LogP contribution in [0.25, 0.3) is 0 Å². The molecular weight excluding hydrogens is 238 g/mol.